The van der Waals surface area contributed by atoms with E-state index >= 15 is 0 Å². The normalized spacial score (nSPS) is 23.5. The van der Waals surface area contributed by atoms with Crippen LogP contribution in [0.3, 0.4) is 0 Å². The van der Waals surface area contributed by atoms with E-state index in [1.807, 2.05) is 12.1 Å². The summed E-state index contributed by atoms with van der Waals surface area (Å²) in [6.45, 7) is 0. The number of hydrogen-bond acceptors (Lipinski definition) is 1. The highest BCUT2D eigenvalue weighted by atomic mass is 35.5. The van der Waals surface area contributed by atoms with Gasteiger partial charge in [-0.2, -0.15) is 5.26 Å². The highest BCUT2D eigenvalue weighted by Gasteiger charge is 2.37. The molecular formula is C13H14ClN. The first-order valence-electron chi connectivity index (χ1n) is 5.38. The van der Waals surface area contributed by atoms with Crippen LogP contribution >= 0.6 is 11.6 Å². The van der Waals surface area contributed by atoms with Crippen LogP contribution in [0.25, 0.3) is 0 Å². The molecule has 0 spiro atoms. The standard InChI is InChI=1S/C13H14ClN/c14-9-3-7-13(10-15)8-6-11-4-1-2-5-12(11)13/h1-2,4-5H,3,6-9H2. The van der Waals surface area contributed by atoms with Crippen LogP contribution in [0.1, 0.15) is 30.4 Å². The van der Waals surface area contributed by atoms with Crippen molar-refractivity contribution in [3.8, 4) is 6.07 Å². The van der Waals surface area contributed by atoms with Crippen LogP contribution in [-0.4, -0.2) is 5.88 Å². The lowest BCUT2D eigenvalue weighted by Gasteiger charge is -2.21. The molecule has 0 aromatic heterocycles. The molecule has 78 valence electrons. The predicted molar refractivity (Wildman–Crippen MR) is 62.0 cm³/mol. The fourth-order valence-electron chi connectivity index (χ4n) is 2.49. The van der Waals surface area contributed by atoms with Gasteiger partial charge in [-0.1, -0.05) is 24.3 Å². The van der Waals surface area contributed by atoms with E-state index in [9.17, 15) is 5.26 Å². The molecule has 0 saturated heterocycles. The molecule has 0 heterocycles. The smallest absolute Gasteiger partial charge is 0.0828 e. The van der Waals surface area contributed by atoms with E-state index in [1.54, 1.807) is 0 Å². The lowest BCUT2D eigenvalue weighted by molar-refractivity contribution is 0.494. The first kappa shape index (κ1) is 10.5. The summed E-state index contributed by atoms with van der Waals surface area (Å²) in [5, 5.41) is 9.40. The van der Waals surface area contributed by atoms with Gasteiger partial charge in [0.1, 0.15) is 0 Å². The molecule has 1 aliphatic rings. The average molecular weight is 220 g/mol. The monoisotopic (exact) mass is 219 g/mol. The minimum absolute atomic E-state index is 0.258. The first-order chi connectivity index (χ1) is 7.32. The number of nitriles is 1. The van der Waals surface area contributed by atoms with Crippen LogP contribution in [0, 0.1) is 11.3 Å². The molecule has 1 unspecified atom stereocenters. The van der Waals surface area contributed by atoms with Gasteiger partial charge in [0.15, 0.2) is 0 Å². The van der Waals surface area contributed by atoms with Crippen molar-refractivity contribution < 1.29 is 0 Å². The zero-order valence-electron chi connectivity index (χ0n) is 8.67. The maximum Gasteiger partial charge on any atom is 0.0828 e. The number of hydrogen-bond donors (Lipinski definition) is 0. The Labute approximate surface area is 95.7 Å². The highest BCUT2D eigenvalue weighted by molar-refractivity contribution is 6.17. The fourth-order valence-corrected chi connectivity index (χ4v) is 2.62. The number of benzene rings is 1. The molecule has 1 atom stereocenters. The van der Waals surface area contributed by atoms with Gasteiger partial charge in [0.2, 0.25) is 0 Å². The van der Waals surface area contributed by atoms with Gasteiger partial charge in [0, 0.05) is 5.88 Å². The molecule has 2 rings (SSSR count). The lowest BCUT2D eigenvalue weighted by Crippen LogP contribution is -2.20. The summed E-state index contributed by atoms with van der Waals surface area (Å²) in [6.07, 6.45) is 3.80. The van der Waals surface area contributed by atoms with Crippen molar-refractivity contribution in [2.45, 2.75) is 31.1 Å². The van der Waals surface area contributed by atoms with Crippen molar-refractivity contribution >= 4 is 11.6 Å². The quantitative estimate of drug-likeness (QED) is 0.715. The first-order valence-corrected chi connectivity index (χ1v) is 5.91. The van der Waals surface area contributed by atoms with Crippen molar-refractivity contribution in [2.24, 2.45) is 0 Å². The van der Waals surface area contributed by atoms with Crippen molar-refractivity contribution in [2.75, 3.05) is 5.88 Å². The van der Waals surface area contributed by atoms with Crippen LogP contribution in [0.4, 0.5) is 0 Å². The van der Waals surface area contributed by atoms with Gasteiger partial charge in [-0.25, -0.2) is 0 Å². The maximum absolute atomic E-state index is 9.40. The van der Waals surface area contributed by atoms with Gasteiger partial charge in [0.25, 0.3) is 0 Å². The molecule has 0 fully saturated rings. The van der Waals surface area contributed by atoms with Crippen LogP contribution in [0.2, 0.25) is 0 Å². The SMILES string of the molecule is N#CC1(CCCCl)CCc2ccccc21. The van der Waals surface area contributed by atoms with E-state index in [1.165, 1.54) is 11.1 Å². The Morgan fingerprint density at radius 3 is 2.93 bits per heavy atom. The zero-order valence-corrected chi connectivity index (χ0v) is 9.43. The molecule has 0 radical (unpaired) electrons. The van der Waals surface area contributed by atoms with Crippen LogP contribution in [0.5, 0.6) is 0 Å². The Kier molecular flexibility index (Phi) is 2.98. The highest BCUT2D eigenvalue weighted by Crippen LogP contribution is 2.41. The average Bonchev–Trinajstić information content (AvgIpc) is 2.66. The summed E-state index contributed by atoms with van der Waals surface area (Å²) in [7, 11) is 0. The Hall–Kier alpha value is -1.00. The van der Waals surface area contributed by atoms with Gasteiger partial charge in [-0.05, 0) is 36.8 Å². The van der Waals surface area contributed by atoms with Gasteiger partial charge >= 0.3 is 0 Å². The topological polar surface area (TPSA) is 23.8 Å². The minimum atomic E-state index is -0.258. The van der Waals surface area contributed by atoms with Crippen LogP contribution in [0.15, 0.2) is 24.3 Å². The summed E-state index contributed by atoms with van der Waals surface area (Å²) >= 11 is 5.72. The van der Waals surface area contributed by atoms with E-state index < -0.39 is 0 Å². The number of aryl methyl sites for hydroxylation is 1. The second-order valence-corrected chi connectivity index (χ2v) is 4.52. The zero-order chi connectivity index (χ0) is 10.7. The second-order valence-electron chi connectivity index (χ2n) is 4.14. The molecule has 1 nitrogen and oxygen atoms in total. The summed E-state index contributed by atoms with van der Waals surface area (Å²) < 4.78 is 0. The summed E-state index contributed by atoms with van der Waals surface area (Å²) in [5.41, 5.74) is 2.32. The van der Waals surface area contributed by atoms with Crippen molar-refractivity contribution in [3.63, 3.8) is 0 Å². The van der Waals surface area contributed by atoms with Crippen LogP contribution < -0.4 is 0 Å². The van der Waals surface area contributed by atoms with Crippen molar-refractivity contribution in [1.29, 1.82) is 5.26 Å². The van der Waals surface area contributed by atoms with Gasteiger partial charge in [0.05, 0.1) is 11.5 Å². The summed E-state index contributed by atoms with van der Waals surface area (Å²) in [4.78, 5) is 0. The third-order valence-corrected chi connectivity index (χ3v) is 3.57. The van der Waals surface area contributed by atoms with Crippen molar-refractivity contribution in [1.82, 2.24) is 0 Å². The van der Waals surface area contributed by atoms with Gasteiger partial charge < -0.3 is 0 Å². The number of halogens is 1. The number of fused-ring (bicyclic) bond motifs is 1. The van der Waals surface area contributed by atoms with E-state index in [-0.39, 0.29) is 5.41 Å². The number of rotatable bonds is 3. The third-order valence-electron chi connectivity index (χ3n) is 3.31. The molecule has 0 bridgehead atoms. The van der Waals surface area contributed by atoms with Gasteiger partial charge in [-0.3, -0.25) is 0 Å². The maximum atomic E-state index is 9.40. The minimum Gasteiger partial charge on any atom is -0.197 e. The molecular weight excluding hydrogens is 206 g/mol. The second kappa shape index (κ2) is 4.24. The van der Waals surface area contributed by atoms with E-state index in [0.29, 0.717) is 5.88 Å². The molecule has 1 aromatic carbocycles. The molecule has 2 heteroatoms. The third kappa shape index (κ3) is 1.75. The Bertz CT molecular complexity index is 394. The van der Waals surface area contributed by atoms with E-state index in [0.717, 1.165) is 25.7 Å². The molecule has 15 heavy (non-hydrogen) atoms. The van der Waals surface area contributed by atoms with E-state index in [4.69, 9.17) is 11.6 Å². The van der Waals surface area contributed by atoms with Gasteiger partial charge in [-0.15, -0.1) is 11.6 Å². The largest absolute Gasteiger partial charge is 0.197 e. The van der Waals surface area contributed by atoms with Crippen LogP contribution in [-0.2, 0) is 11.8 Å². The lowest BCUT2D eigenvalue weighted by atomic mass is 9.79. The number of nitrogens with zero attached hydrogens (tertiary/aromatic N) is 1. The Morgan fingerprint density at radius 1 is 1.40 bits per heavy atom. The molecule has 1 aromatic rings. The van der Waals surface area contributed by atoms with Crippen molar-refractivity contribution in [3.05, 3.63) is 35.4 Å². The predicted octanol–water partition coefficient (Wildman–Crippen LogP) is 3.41. The molecule has 1 aliphatic carbocycles. The summed E-state index contributed by atoms with van der Waals surface area (Å²) in [5.74, 6) is 0.644. The molecule has 0 amide bonds. The molecule has 0 saturated carbocycles. The summed E-state index contributed by atoms with van der Waals surface area (Å²) in [6, 6.07) is 10.8. The van der Waals surface area contributed by atoms with E-state index in [2.05, 4.69) is 18.2 Å². The molecule has 0 N–H and O–H groups in total. The Morgan fingerprint density at radius 2 is 2.20 bits per heavy atom. The molecule has 0 aliphatic heterocycles. The Balaban J connectivity index is 2.34. The number of alkyl halides is 1. The fraction of sp³-hybridized carbons (Fsp3) is 0.462.